The highest BCUT2D eigenvalue weighted by atomic mass is 19.1. The zero-order valence-corrected chi connectivity index (χ0v) is 32.7. The maximum atomic E-state index is 13.7. The summed E-state index contributed by atoms with van der Waals surface area (Å²) in [5.41, 5.74) is 0.440. The van der Waals surface area contributed by atoms with Crippen molar-refractivity contribution in [2.24, 2.45) is 0 Å². The van der Waals surface area contributed by atoms with Crippen molar-refractivity contribution in [1.29, 1.82) is 0 Å². The number of carboxylic acids is 1. The van der Waals surface area contributed by atoms with Gasteiger partial charge in [0.05, 0.1) is 12.4 Å². The Kier molecular flexibility index (Phi) is 23.6. The van der Waals surface area contributed by atoms with Crippen molar-refractivity contribution in [2.45, 2.75) is 63.9 Å². The monoisotopic (exact) mass is 715 g/mol. The number of rotatable bonds is 14. The quantitative estimate of drug-likeness (QED) is 0.156. The number of carbonyl (C=O) groups is 2. The van der Waals surface area contributed by atoms with Crippen LogP contribution in [0.2, 0.25) is 0 Å². The van der Waals surface area contributed by atoms with E-state index in [0.717, 1.165) is 38.1 Å². The van der Waals surface area contributed by atoms with E-state index >= 15 is 0 Å². The van der Waals surface area contributed by atoms with Gasteiger partial charge in [0.1, 0.15) is 16.7 Å². The van der Waals surface area contributed by atoms with Gasteiger partial charge in [0.2, 0.25) is 0 Å². The van der Waals surface area contributed by atoms with Gasteiger partial charge in [-0.25, -0.2) is 18.4 Å². The van der Waals surface area contributed by atoms with Gasteiger partial charge in [-0.15, -0.1) is 0 Å². The van der Waals surface area contributed by atoms with Crippen molar-refractivity contribution in [2.75, 3.05) is 0 Å². The maximum Gasteiger partial charge on any atom is 0.342 e. The Bertz CT molecular complexity index is 1510. The first-order valence-corrected chi connectivity index (χ1v) is 18.1. The molecule has 0 aliphatic heterocycles. The summed E-state index contributed by atoms with van der Waals surface area (Å²) in [6, 6.07) is 0. The molecule has 0 spiro atoms. The molecule has 2 fully saturated rings. The Balaban J connectivity index is 0.000000383. The predicted molar refractivity (Wildman–Crippen MR) is 260 cm³/mol. The van der Waals surface area contributed by atoms with E-state index in [1.54, 1.807) is 27.0 Å². The molecule has 0 aromatic carbocycles. The number of aromatic carboxylic acids is 1. The molecule has 35 heteroatoms. The first-order valence-electron chi connectivity index (χ1n) is 18.1. The summed E-state index contributed by atoms with van der Waals surface area (Å²) in [5.74, 6) is -2.67. The van der Waals surface area contributed by atoms with Crippen molar-refractivity contribution in [3.63, 3.8) is 0 Å². The second-order valence-electron chi connectivity index (χ2n) is 15.1. The minimum absolute atomic E-state index is 0.0532. The number of ether oxygens (including phenoxy) is 1. The second-order valence-corrected chi connectivity index (χ2v) is 15.1. The lowest BCUT2D eigenvalue weighted by Crippen LogP contribution is -2.72. The molecular weight excluding hydrogens is 686 g/mol. The number of esters is 1. The summed E-state index contributed by atoms with van der Waals surface area (Å²) in [4.78, 5) is 30.1. The molecule has 2 aromatic heterocycles. The smallest absolute Gasteiger partial charge is 0.342 e. The molecule has 2 aromatic rings. The Hall–Kier alpha value is -1.15. The average molecular weight is 710 g/mol. The Morgan fingerprint density at radius 3 is 1.21 bits per heavy atom. The number of hydrogen-bond acceptors (Lipinski definition) is 5. The molecule has 241 valence electrons. The van der Waals surface area contributed by atoms with Crippen LogP contribution in [0.4, 0.5) is 8.78 Å². The molecule has 0 amide bonds. The zero-order valence-electron chi connectivity index (χ0n) is 32.7. The first kappa shape index (κ1) is 53.9. The second kappa shape index (κ2) is 24.9. The lowest BCUT2D eigenvalue weighted by atomic mass is 8.47. The lowest BCUT2D eigenvalue weighted by molar-refractivity contribution is 0.00628. The van der Waals surface area contributed by atoms with E-state index in [-0.39, 0.29) is 29.3 Å². The molecule has 1 N–H and O–H groups in total. The number of halogens is 2. The Morgan fingerprint density at radius 1 is 0.632 bits per heavy atom. The molecule has 31 radical (unpaired) electrons. The fraction of sp³-hybridized carbons (Fsp3) is 0.455. The third-order valence-corrected chi connectivity index (χ3v) is 8.93. The topological polar surface area (TPSA) is 89.4 Å². The van der Waals surface area contributed by atoms with Crippen LogP contribution in [-0.4, -0.2) is 226 Å². The lowest BCUT2D eigenvalue weighted by Gasteiger charge is -2.34. The van der Waals surface area contributed by atoms with E-state index in [1.807, 2.05) is 0 Å². The van der Waals surface area contributed by atoms with E-state index < -0.39 is 93.0 Å². The van der Waals surface area contributed by atoms with Crippen molar-refractivity contribution in [3.8, 4) is 0 Å². The largest absolute Gasteiger partial charge is 0.478 e. The van der Waals surface area contributed by atoms with Crippen LogP contribution in [0, 0.1) is 11.6 Å². The minimum Gasteiger partial charge on any atom is -0.478 e. The molecular formula is C22H24B27F2N2O4. The van der Waals surface area contributed by atoms with Gasteiger partial charge in [0.25, 0.3) is 0 Å². The molecule has 4 rings (SSSR count). The van der Waals surface area contributed by atoms with Crippen LogP contribution in [0.25, 0.3) is 0 Å². The van der Waals surface area contributed by atoms with Crippen LogP contribution in [0.3, 0.4) is 0 Å². The molecule has 0 atom stereocenters. The number of hydrogen-bond donors (Lipinski definition) is 1. The molecule has 2 aliphatic rings. The van der Waals surface area contributed by atoms with Crippen LogP contribution in [-0.2, 0) is 4.74 Å². The van der Waals surface area contributed by atoms with Gasteiger partial charge in [0, 0.05) is 206 Å². The number of pyridine rings is 2. The maximum absolute atomic E-state index is 13.7. The molecule has 2 heterocycles. The Labute approximate surface area is 364 Å². The van der Waals surface area contributed by atoms with Crippen LogP contribution >= 0.6 is 0 Å². The number of aromatic nitrogens is 2. The summed E-state index contributed by atoms with van der Waals surface area (Å²) in [7, 11) is 83.6. The molecule has 0 saturated heterocycles. The minimum atomic E-state index is -1.21. The summed E-state index contributed by atoms with van der Waals surface area (Å²) in [6.07, 6.45) is 1.92. The molecule has 0 unspecified atom stereocenters. The SMILES string of the molecule is CC(C)(C)OC(=O)c1c(F)cncc1C1CC1.O=C(O)c1c(F)cncc1C1CC1.[B]B([B])B(B([B])[B])B(B([B])[B])B([B])[B].[B][B]B(B([B])[B])B(B([B])[B])B([B])[B]. The van der Waals surface area contributed by atoms with Crippen LogP contribution < -0.4 is 0 Å². The third kappa shape index (κ3) is 18.2. The highest BCUT2D eigenvalue weighted by Gasteiger charge is 2.36. The number of nitrogens with zero attached hydrogens (tertiary/aromatic N) is 2. The number of carboxylic acid groups (broad SMARTS) is 1. The first-order chi connectivity index (χ1) is 26.3. The van der Waals surface area contributed by atoms with Crippen LogP contribution in [0.1, 0.15) is 90.1 Å². The van der Waals surface area contributed by atoms with Crippen LogP contribution in [0.15, 0.2) is 24.8 Å². The van der Waals surface area contributed by atoms with Gasteiger partial charge >= 0.3 is 11.9 Å². The van der Waals surface area contributed by atoms with E-state index in [9.17, 15) is 18.4 Å². The highest BCUT2D eigenvalue weighted by Crippen LogP contribution is 2.42. The van der Waals surface area contributed by atoms with E-state index in [2.05, 4.69) is 9.97 Å². The van der Waals surface area contributed by atoms with E-state index in [1.165, 1.54) is 13.3 Å². The normalized spacial score (nSPS) is 12.4. The van der Waals surface area contributed by atoms with Gasteiger partial charge in [-0.05, 0) is 69.4 Å². The molecule has 57 heavy (non-hydrogen) atoms. The van der Waals surface area contributed by atoms with Crippen LogP contribution in [0.5, 0.6) is 0 Å². The standard InChI is InChI=1S/C13H16FNO2.C9H8FNO2.B14.B13/c1-13(2,3)17-12(16)11-9(8-4-5-8)6-15-7-10(11)14;10-7-4-11-3-6(5-1-2-5)8(7)9(12)13;1-9(2)13(10(3)4)14(11(5)6)12(7)8;1-8-12(9(2)3)13(10(4)5)11(6)7/h6-8H,4-5H2,1-3H3;3-5H,1-2H2,(H,12,13);;. The summed E-state index contributed by atoms with van der Waals surface area (Å²) >= 11 is 0. The Morgan fingerprint density at radius 2 is 0.965 bits per heavy atom. The van der Waals surface area contributed by atoms with Crippen molar-refractivity contribution in [1.82, 2.24) is 9.97 Å². The third-order valence-electron chi connectivity index (χ3n) is 8.93. The fourth-order valence-electron chi connectivity index (χ4n) is 5.90. The van der Waals surface area contributed by atoms with Gasteiger partial charge in [-0.1, -0.05) is 0 Å². The van der Waals surface area contributed by atoms with Crippen molar-refractivity contribution in [3.05, 3.63) is 58.7 Å². The fourth-order valence-corrected chi connectivity index (χ4v) is 5.90. The summed E-state index contributed by atoms with van der Waals surface area (Å²) in [5, 5.41) is 8.76. The number of carbonyl (C=O) groups excluding carboxylic acids is 1. The predicted octanol–water partition coefficient (Wildman–Crippen LogP) is -5.43. The average Bonchev–Trinajstić information content (AvgIpc) is 3.99. The van der Waals surface area contributed by atoms with Crippen molar-refractivity contribution >= 4 is 205 Å². The molecule has 2 aliphatic carbocycles. The van der Waals surface area contributed by atoms with Gasteiger partial charge in [-0.3, -0.25) is 9.97 Å². The summed E-state index contributed by atoms with van der Waals surface area (Å²) in [6.45, 7) is 5.29. The van der Waals surface area contributed by atoms with Gasteiger partial charge < -0.3 is 9.84 Å². The van der Waals surface area contributed by atoms with E-state index in [4.69, 9.17) is 126 Å². The zero-order chi connectivity index (χ0) is 44.1. The highest BCUT2D eigenvalue weighted by molar-refractivity contribution is 8.11. The molecule has 6 nitrogen and oxygen atoms in total. The van der Waals surface area contributed by atoms with E-state index in [0.29, 0.717) is 11.1 Å². The summed E-state index contributed by atoms with van der Waals surface area (Å²) < 4.78 is 32.0. The van der Waals surface area contributed by atoms with Gasteiger partial charge in [0.15, 0.2) is 11.6 Å². The molecule has 2 saturated carbocycles. The molecule has 0 bridgehead atoms. The van der Waals surface area contributed by atoms with Gasteiger partial charge in [-0.2, -0.15) is 0 Å². The van der Waals surface area contributed by atoms with Crippen molar-refractivity contribution < 1.29 is 28.2 Å².